The van der Waals surface area contributed by atoms with Gasteiger partial charge in [-0.15, -0.1) is 24.8 Å². The van der Waals surface area contributed by atoms with Gasteiger partial charge >= 0.3 is 0 Å². The van der Waals surface area contributed by atoms with Crippen molar-refractivity contribution in [3.8, 4) is 0 Å². The maximum atomic E-state index is 11.7. The number of benzene rings is 1. The molecular weight excluding hydrogens is 313 g/mol. The van der Waals surface area contributed by atoms with Crippen LogP contribution >= 0.6 is 24.8 Å². The Bertz CT molecular complexity index is 717. The number of pyridine rings is 1. The summed E-state index contributed by atoms with van der Waals surface area (Å²) in [6, 6.07) is 11.7. The lowest BCUT2D eigenvalue weighted by atomic mass is 10.2. The van der Waals surface area contributed by atoms with Gasteiger partial charge in [-0.1, -0.05) is 24.3 Å². The quantitative estimate of drug-likeness (QED) is 0.803. The molecule has 3 aromatic rings. The number of oxazole rings is 1. The molecule has 0 fully saturated rings. The van der Waals surface area contributed by atoms with Crippen LogP contribution in [-0.4, -0.2) is 15.9 Å². The molecule has 0 bridgehead atoms. The molecule has 0 aliphatic heterocycles. The first kappa shape index (κ1) is 16.9. The molecule has 1 amide bonds. The summed E-state index contributed by atoms with van der Waals surface area (Å²) >= 11 is 0. The zero-order valence-electron chi connectivity index (χ0n) is 10.9. The highest BCUT2D eigenvalue weighted by atomic mass is 35.5. The maximum Gasteiger partial charge on any atom is 0.273 e. The minimum atomic E-state index is -0.274. The van der Waals surface area contributed by atoms with Gasteiger partial charge in [0, 0.05) is 5.39 Å². The van der Waals surface area contributed by atoms with Gasteiger partial charge in [-0.05, 0) is 12.1 Å². The number of hydrogen-bond acceptors (Lipinski definition) is 4. The maximum absolute atomic E-state index is 11.7. The molecule has 0 radical (unpaired) electrons. The minimum Gasteiger partial charge on any atom is -0.451 e. The summed E-state index contributed by atoms with van der Waals surface area (Å²) in [7, 11) is 0. The fourth-order valence-electron chi connectivity index (χ4n) is 1.79. The molecule has 7 heteroatoms. The van der Waals surface area contributed by atoms with Gasteiger partial charge in [-0.3, -0.25) is 9.78 Å². The van der Waals surface area contributed by atoms with E-state index >= 15 is 0 Å². The van der Waals surface area contributed by atoms with E-state index in [-0.39, 0.29) is 36.4 Å². The van der Waals surface area contributed by atoms with Crippen LogP contribution in [0.2, 0.25) is 0 Å². The summed E-state index contributed by atoms with van der Waals surface area (Å²) in [6.45, 7) is 0.358. The van der Waals surface area contributed by atoms with Gasteiger partial charge in [0.15, 0.2) is 12.1 Å². The Labute approximate surface area is 133 Å². The van der Waals surface area contributed by atoms with Crippen molar-refractivity contribution in [3.05, 3.63) is 60.4 Å². The van der Waals surface area contributed by atoms with E-state index in [0.717, 1.165) is 16.6 Å². The Balaban J connectivity index is 0.00000110. The lowest BCUT2D eigenvalue weighted by Crippen LogP contribution is -2.23. The number of rotatable bonds is 3. The molecule has 0 atom stereocenters. The average molecular weight is 326 g/mol. The van der Waals surface area contributed by atoms with Crippen LogP contribution in [0.3, 0.4) is 0 Å². The highest BCUT2D eigenvalue weighted by Gasteiger charge is 2.08. The van der Waals surface area contributed by atoms with E-state index in [0.29, 0.717) is 6.54 Å². The molecule has 0 aliphatic rings. The van der Waals surface area contributed by atoms with Crippen molar-refractivity contribution >= 4 is 41.6 Å². The van der Waals surface area contributed by atoms with Crippen molar-refractivity contribution in [2.24, 2.45) is 0 Å². The SMILES string of the molecule is Cl.Cl.O=C(NCc1ccc2ccccc2n1)c1cocn1. The number of aromatic nitrogens is 2. The number of para-hydroxylation sites is 1. The molecule has 0 unspecified atom stereocenters. The monoisotopic (exact) mass is 325 g/mol. The standard InChI is InChI=1S/C14H11N3O2.2ClH/c18-14(13-8-19-9-16-13)15-7-11-6-5-10-3-1-2-4-12(10)17-11;;/h1-6,8-9H,7H2,(H,15,18);2*1H. The fourth-order valence-corrected chi connectivity index (χ4v) is 1.79. The summed E-state index contributed by atoms with van der Waals surface area (Å²) in [5, 5.41) is 3.82. The van der Waals surface area contributed by atoms with E-state index in [1.807, 2.05) is 36.4 Å². The van der Waals surface area contributed by atoms with Gasteiger partial charge in [0.1, 0.15) is 6.26 Å². The normalized spacial score (nSPS) is 9.52. The number of fused-ring (bicyclic) bond motifs is 1. The topological polar surface area (TPSA) is 68.0 Å². The largest absolute Gasteiger partial charge is 0.451 e. The van der Waals surface area contributed by atoms with E-state index in [4.69, 9.17) is 4.42 Å². The highest BCUT2D eigenvalue weighted by Crippen LogP contribution is 2.11. The van der Waals surface area contributed by atoms with Crippen molar-refractivity contribution in [1.82, 2.24) is 15.3 Å². The minimum absolute atomic E-state index is 0. The smallest absolute Gasteiger partial charge is 0.273 e. The number of amides is 1. The average Bonchev–Trinajstić information content (AvgIpc) is 2.99. The van der Waals surface area contributed by atoms with Crippen LogP contribution < -0.4 is 5.32 Å². The predicted molar refractivity (Wildman–Crippen MR) is 83.9 cm³/mol. The second-order valence-electron chi connectivity index (χ2n) is 4.05. The van der Waals surface area contributed by atoms with E-state index in [9.17, 15) is 4.79 Å². The second kappa shape index (κ2) is 7.61. The predicted octanol–water partition coefficient (Wildman–Crippen LogP) is 3.00. The molecule has 0 saturated heterocycles. The van der Waals surface area contributed by atoms with Crippen LogP contribution in [-0.2, 0) is 6.54 Å². The summed E-state index contributed by atoms with van der Waals surface area (Å²) in [4.78, 5) is 19.9. The van der Waals surface area contributed by atoms with E-state index in [1.54, 1.807) is 0 Å². The molecule has 110 valence electrons. The third-order valence-corrected chi connectivity index (χ3v) is 2.75. The van der Waals surface area contributed by atoms with Gasteiger partial charge in [-0.25, -0.2) is 4.98 Å². The first-order valence-electron chi connectivity index (χ1n) is 5.84. The molecule has 2 heterocycles. The van der Waals surface area contributed by atoms with E-state index < -0.39 is 0 Å². The number of nitrogens with zero attached hydrogens (tertiary/aromatic N) is 2. The lowest BCUT2D eigenvalue weighted by Gasteiger charge is -2.04. The fraction of sp³-hybridized carbons (Fsp3) is 0.0714. The molecular formula is C14H13Cl2N3O2. The number of halogens is 2. The number of carbonyl (C=O) groups excluding carboxylic acids is 1. The van der Waals surface area contributed by atoms with Crippen LogP contribution in [0.4, 0.5) is 0 Å². The van der Waals surface area contributed by atoms with Crippen molar-refractivity contribution in [2.75, 3.05) is 0 Å². The van der Waals surface area contributed by atoms with Gasteiger partial charge in [0.2, 0.25) is 0 Å². The summed E-state index contributed by atoms with van der Waals surface area (Å²) < 4.78 is 4.76. The number of carbonyl (C=O) groups is 1. The van der Waals surface area contributed by atoms with Crippen LogP contribution in [0.1, 0.15) is 16.2 Å². The molecule has 1 aromatic carbocycles. The Kier molecular flexibility index (Phi) is 6.14. The van der Waals surface area contributed by atoms with Gasteiger partial charge in [0.25, 0.3) is 5.91 Å². The van der Waals surface area contributed by atoms with Crippen LogP contribution in [0.15, 0.2) is 53.5 Å². The molecule has 21 heavy (non-hydrogen) atoms. The Hall–Kier alpha value is -2.11. The van der Waals surface area contributed by atoms with Crippen molar-refractivity contribution in [1.29, 1.82) is 0 Å². The molecule has 1 N–H and O–H groups in total. The Morgan fingerprint density at radius 1 is 1.14 bits per heavy atom. The van der Waals surface area contributed by atoms with Crippen molar-refractivity contribution in [2.45, 2.75) is 6.54 Å². The lowest BCUT2D eigenvalue weighted by molar-refractivity contribution is 0.0945. The van der Waals surface area contributed by atoms with Crippen LogP contribution in [0.5, 0.6) is 0 Å². The van der Waals surface area contributed by atoms with E-state index in [1.165, 1.54) is 12.7 Å². The van der Waals surface area contributed by atoms with Crippen molar-refractivity contribution in [3.63, 3.8) is 0 Å². The Morgan fingerprint density at radius 3 is 2.71 bits per heavy atom. The first-order chi connectivity index (χ1) is 9.33. The molecule has 0 aliphatic carbocycles. The molecule has 0 saturated carbocycles. The number of hydrogen-bond donors (Lipinski definition) is 1. The van der Waals surface area contributed by atoms with Crippen LogP contribution in [0, 0.1) is 0 Å². The van der Waals surface area contributed by atoms with Crippen molar-refractivity contribution < 1.29 is 9.21 Å². The molecule has 5 nitrogen and oxygen atoms in total. The first-order valence-corrected chi connectivity index (χ1v) is 5.84. The van der Waals surface area contributed by atoms with Crippen LogP contribution in [0.25, 0.3) is 10.9 Å². The molecule has 2 aromatic heterocycles. The summed E-state index contributed by atoms with van der Waals surface area (Å²) in [6.07, 6.45) is 2.53. The third kappa shape index (κ3) is 3.93. The Morgan fingerprint density at radius 2 is 1.95 bits per heavy atom. The van der Waals surface area contributed by atoms with Gasteiger partial charge in [0.05, 0.1) is 17.8 Å². The zero-order chi connectivity index (χ0) is 13.1. The van der Waals surface area contributed by atoms with Gasteiger partial charge < -0.3 is 9.73 Å². The summed E-state index contributed by atoms with van der Waals surface area (Å²) in [5.74, 6) is -0.274. The zero-order valence-corrected chi connectivity index (χ0v) is 12.5. The highest BCUT2D eigenvalue weighted by molar-refractivity contribution is 5.91. The third-order valence-electron chi connectivity index (χ3n) is 2.75. The number of nitrogens with one attached hydrogen (secondary N) is 1. The molecule has 3 rings (SSSR count). The second-order valence-corrected chi connectivity index (χ2v) is 4.05. The van der Waals surface area contributed by atoms with Gasteiger partial charge in [-0.2, -0.15) is 0 Å². The summed E-state index contributed by atoms with van der Waals surface area (Å²) in [5.41, 5.74) is 1.98. The van der Waals surface area contributed by atoms with E-state index in [2.05, 4.69) is 15.3 Å². The molecule has 0 spiro atoms.